The molecule has 0 amide bonds. The van der Waals surface area contributed by atoms with Crippen molar-refractivity contribution in [2.24, 2.45) is 17.3 Å². The Kier molecular flexibility index (Phi) is 7.01. The van der Waals surface area contributed by atoms with Crippen LogP contribution in [0.2, 0.25) is 0 Å². The van der Waals surface area contributed by atoms with Crippen LogP contribution in [0.5, 0.6) is 0 Å². The average Bonchev–Trinajstić information content (AvgIpc) is 2.42. The van der Waals surface area contributed by atoms with Crippen LogP contribution in [-0.4, -0.2) is 37.6 Å². The van der Waals surface area contributed by atoms with Gasteiger partial charge >= 0.3 is 0 Å². The first-order chi connectivity index (χ1) is 10.2. The van der Waals surface area contributed by atoms with Crippen LogP contribution < -0.4 is 5.32 Å². The Morgan fingerprint density at radius 3 is 2.52 bits per heavy atom. The zero-order valence-electron chi connectivity index (χ0n) is 14.8. The molecule has 0 bridgehead atoms. The van der Waals surface area contributed by atoms with Gasteiger partial charge in [0.15, 0.2) is 0 Å². The van der Waals surface area contributed by atoms with Crippen LogP contribution >= 0.6 is 0 Å². The van der Waals surface area contributed by atoms with E-state index in [0.29, 0.717) is 5.41 Å². The minimum Gasteiger partial charge on any atom is -0.316 e. The maximum absolute atomic E-state index is 3.75. The van der Waals surface area contributed by atoms with Crippen LogP contribution in [-0.2, 0) is 0 Å². The minimum absolute atomic E-state index is 0.548. The average molecular weight is 295 g/mol. The van der Waals surface area contributed by atoms with Gasteiger partial charge in [-0.1, -0.05) is 40.0 Å². The molecule has 2 heteroatoms. The predicted molar refractivity (Wildman–Crippen MR) is 92.7 cm³/mol. The van der Waals surface area contributed by atoms with E-state index in [9.17, 15) is 0 Å². The van der Waals surface area contributed by atoms with E-state index in [2.05, 4.69) is 31.0 Å². The fourth-order valence-electron chi connectivity index (χ4n) is 4.48. The summed E-state index contributed by atoms with van der Waals surface area (Å²) in [5.74, 6) is 1.93. The smallest absolute Gasteiger partial charge is 0.00502 e. The SMILES string of the molecule is CCCNCC1(CN(CC)CC2CCC2)CCCC(C)C1. The fraction of sp³-hybridized carbons (Fsp3) is 1.00. The van der Waals surface area contributed by atoms with Crippen LogP contribution in [0.25, 0.3) is 0 Å². The van der Waals surface area contributed by atoms with Crippen LogP contribution in [0.15, 0.2) is 0 Å². The molecule has 2 aliphatic carbocycles. The third-order valence-electron chi connectivity index (χ3n) is 5.86. The Morgan fingerprint density at radius 2 is 1.95 bits per heavy atom. The number of nitrogens with one attached hydrogen (secondary N) is 1. The maximum atomic E-state index is 3.75. The molecule has 0 aromatic rings. The van der Waals surface area contributed by atoms with E-state index in [-0.39, 0.29) is 0 Å². The first-order valence-corrected chi connectivity index (χ1v) is 9.60. The van der Waals surface area contributed by atoms with Crippen molar-refractivity contribution in [2.75, 3.05) is 32.7 Å². The van der Waals surface area contributed by atoms with Crippen molar-refractivity contribution in [3.05, 3.63) is 0 Å². The van der Waals surface area contributed by atoms with Gasteiger partial charge < -0.3 is 10.2 Å². The molecule has 1 N–H and O–H groups in total. The lowest BCUT2D eigenvalue weighted by Gasteiger charge is -2.44. The highest BCUT2D eigenvalue weighted by Gasteiger charge is 2.36. The van der Waals surface area contributed by atoms with E-state index in [1.54, 1.807) is 0 Å². The summed E-state index contributed by atoms with van der Waals surface area (Å²) in [5.41, 5.74) is 0.548. The molecule has 124 valence electrons. The van der Waals surface area contributed by atoms with E-state index in [1.807, 2.05) is 0 Å². The van der Waals surface area contributed by atoms with Crippen LogP contribution in [0.3, 0.4) is 0 Å². The number of nitrogens with zero attached hydrogens (tertiary/aromatic N) is 1. The van der Waals surface area contributed by atoms with Crippen molar-refractivity contribution >= 4 is 0 Å². The number of hydrogen-bond donors (Lipinski definition) is 1. The quantitative estimate of drug-likeness (QED) is 0.638. The third kappa shape index (κ3) is 5.25. The minimum atomic E-state index is 0.548. The normalized spacial score (nSPS) is 30.6. The van der Waals surface area contributed by atoms with Crippen molar-refractivity contribution in [2.45, 2.75) is 72.1 Å². The first-order valence-electron chi connectivity index (χ1n) is 9.60. The summed E-state index contributed by atoms with van der Waals surface area (Å²) in [6.07, 6.45) is 11.5. The van der Waals surface area contributed by atoms with Gasteiger partial charge in [-0.05, 0) is 62.4 Å². The molecule has 2 nitrogen and oxygen atoms in total. The molecule has 2 rings (SSSR count). The molecule has 0 aromatic heterocycles. The van der Waals surface area contributed by atoms with Crippen LogP contribution in [0.4, 0.5) is 0 Å². The summed E-state index contributed by atoms with van der Waals surface area (Å²) in [5, 5.41) is 3.75. The van der Waals surface area contributed by atoms with Crippen LogP contribution in [0, 0.1) is 17.3 Å². The molecule has 0 heterocycles. The summed E-state index contributed by atoms with van der Waals surface area (Å²) in [7, 11) is 0. The fourth-order valence-corrected chi connectivity index (χ4v) is 4.48. The molecule has 2 aliphatic rings. The zero-order chi connectivity index (χ0) is 15.1. The molecule has 2 fully saturated rings. The van der Waals surface area contributed by atoms with E-state index < -0.39 is 0 Å². The van der Waals surface area contributed by atoms with E-state index >= 15 is 0 Å². The number of rotatable bonds is 9. The van der Waals surface area contributed by atoms with Crippen molar-refractivity contribution in [1.29, 1.82) is 0 Å². The van der Waals surface area contributed by atoms with E-state index in [4.69, 9.17) is 0 Å². The third-order valence-corrected chi connectivity index (χ3v) is 5.86. The van der Waals surface area contributed by atoms with Gasteiger partial charge in [0.1, 0.15) is 0 Å². The molecular weight excluding hydrogens is 256 g/mol. The zero-order valence-corrected chi connectivity index (χ0v) is 14.8. The summed E-state index contributed by atoms with van der Waals surface area (Å²) >= 11 is 0. The lowest BCUT2D eigenvalue weighted by atomic mass is 9.69. The lowest BCUT2D eigenvalue weighted by Crippen LogP contribution is -2.48. The molecule has 0 radical (unpaired) electrons. The van der Waals surface area contributed by atoms with Crippen molar-refractivity contribution < 1.29 is 0 Å². The first kappa shape index (κ1) is 17.3. The number of hydrogen-bond acceptors (Lipinski definition) is 2. The molecule has 0 aliphatic heterocycles. The summed E-state index contributed by atoms with van der Waals surface area (Å²) in [6.45, 7) is 13.5. The summed E-state index contributed by atoms with van der Waals surface area (Å²) in [4.78, 5) is 2.77. The highest BCUT2D eigenvalue weighted by atomic mass is 15.1. The second kappa shape index (κ2) is 8.53. The molecule has 2 unspecified atom stereocenters. The van der Waals surface area contributed by atoms with Gasteiger partial charge in [-0.3, -0.25) is 0 Å². The van der Waals surface area contributed by atoms with Gasteiger partial charge in [-0.2, -0.15) is 0 Å². The topological polar surface area (TPSA) is 15.3 Å². The van der Waals surface area contributed by atoms with Crippen LogP contribution in [0.1, 0.15) is 72.1 Å². The Balaban J connectivity index is 1.91. The Labute approximate surface area is 133 Å². The van der Waals surface area contributed by atoms with Gasteiger partial charge in [0.05, 0.1) is 0 Å². The van der Waals surface area contributed by atoms with Gasteiger partial charge in [0, 0.05) is 19.6 Å². The molecule has 2 saturated carbocycles. The van der Waals surface area contributed by atoms with Gasteiger partial charge in [0.25, 0.3) is 0 Å². The predicted octanol–water partition coefficient (Wildman–Crippen LogP) is 4.30. The van der Waals surface area contributed by atoms with Gasteiger partial charge in [-0.25, -0.2) is 0 Å². The molecule has 2 atom stereocenters. The van der Waals surface area contributed by atoms with Gasteiger partial charge in [0.2, 0.25) is 0 Å². The van der Waals surface area contributed by atoms with E-state index in [1.165, 1.54) is 84.1 Å². The summed E-state index contributed by atoms with van der Waals surface area (Å²) < 4.78 is 0. The molecule has 0 aromatic carbocycles. The lowest BCUT2D eigenvalue weighted by molar-refractivity contribution is 0.0658. The van der Waals surface area contributed by atoms with Crippen molar-refractivity contribution in [3.8, 4) is 0 Å². The summed E-state index contributed by atoms with van der Waals surface area (Å²) in [6, 6.07) is 0. The molecule has 0 saturated heterocycles. The second-order valence-electron chi connectivity index (χ2n) is 8.00. The van der Waals surface area contributed by atoms with Crippen molar-refractivity contribution in [3.63, 3.8) is 0 Å². The highest BCUT2D eigenvalue weighted by Crippen LogP contribution is 2.40. The molecule has 0 spiro atoms. The van der Waals surface area contributed by atoms with E-state index in [0.717, 1.165) is 11.8 Å². The molecular formula is C19H38N2. The standard InChI is InChI=1S/C19H38N2/c1-4-12-20-15-19(11-7-8-17(3)13-19)16-21(5-2)14-18-9-6-10-18/h17-18,20H,4-16H2,1-3H3. The van der Waals surface area contributed by atoms with Gasteiger partial charge in [-0.15, -0.1) is 0 Å². The Hall–Kier alpha value is -0.0800. The largest absolute Gasteiger partial charge is 0.316 e. The molecule has 21 heavy (non-hydrogen) atoms. The Bertz CT molecular complexity index is 287. The monoisotopic (exact) mass is 294 g/mol. The van der Waals surface area contributed by atoms with Crippen molar-refractivity contribution in [1.82, 2.24) is 10.2 Å². The second-order valence-corrected chi connectivity index (χ2v) is 8.00. The maximum Gasteiger partial charge on any atom is 0.00502 e. The highest BCUT2D eigenvalue weighted by molar-refractivity contribution is 4.90. The Morgan fingerprint density at radius 1 is 1.14 bits per heavy atom.